The van der Waals surface area contributed by atoms with Crippen molar-refractivity contribution in [2.45, 2.75) is 40.2 Å². The Balaban J connectivity index is 3.00. The van der Waals surface area contributed by atoms with Crippen molar-refractivity contribution in [3.8, 4) is 0 Å². The maximum absolute atomic E-state index is 13.6. The molecule has 0 radical (unpaired) electrons. The first-order chi connectivity index (χ1) is 7.86. The minimum atomic E-state index is -0.199. The lowest BCUT2D eigenvalue weighted by Gasteiger charge is -2.32. The summed E-state index contributed by atoms with van der Waals surface area (Å²) in [7, 11) is 0. The van der Waals surface area contributed by atoms with Crippen LogP contribution in [0, 0.1) is 11.2 Å². The van der Waals surface area contributed by atoms with Gasteiger partial charge in [0.2, 0.25) is 0 Å². The SMILES string of the molecule is CCCNC(c1ccc(Br)c(F)c1)C(C)(C)C. The summed E-state index contributed by atoms with van der Waals surface area (Å²) < 4.78 is 14.1. The van der Waals surface area contributed by atoms with Crippen molar-refractivity contribution in [1.82, 2.24) is 5.32 Å². The van der Waals surface area contributed by atoms with Crippen LogP contribution in [0.4, 0.5) is 4.39 Å². The van der Waals surface area contributed by atoms with Gasteiger partial charge in [-0.25, -0.2) is 4.39 Å². The minimum Gasteiger partial charge on any atom is -0.309 e. The fourth-order valence-electron chi connectivity index (χ4n) is 1.90. The van der Waals surface area contributed by atoms with Gasteiger partial charge in [0.05, 0.1) is 4.47 Å². The molecule has 0 aliphatic rings. The summed E-state index contributed by atoms with van der Waals surface area (Å²) in [5.41, 5.74) is 1.07. The van der Waals surface area contributed by atoms with Gasteiger partial charge in [-0.05, 0) is 52.0 Å². The summed E-state index contributed by atoms with van der Waals surface area (Å²) in [6.45, 7) is 9.58. The Morgan fingerprint density at radius 2 is 2.00 bits per heavy atom. The number of hydrogen-bond donors (Lipinski definition) is 1. The third-order valence-corrected chi connectivity index (χ3v) is 3.38. The van der Waals surface area contributed by atoms with Crippen LogP contribution in [0.5, 0.6) is 0 Å². The first-order valence-electron chi connectivity index (χ1n) is 6.04. The van der Waals surface area contributed by atoms with Crippen LogP contribution < -0.4 is 5.32 Å². The van der Waals surface area contributed by atoms with Crippen LogP contribution in [0.1, 0.15) is 45.7 Å². The second-order valence-electron chi connectivity index (χ2n) is 5.43. The molecule has 0 aliphatic carbocycles. The van der Waals surface area contributed by atoms with E-state index in [0.29, 0.717) is 4.47 Å². The van der Waals surface area contributed by atoms with Crippen molar-refractivity contribution < 1.29 is 4.39 Å². The second kappa shape index (κ2) is 5.96. The maximum Gasteiger partial charge on any atom is 0.137 e. The molecule has 17 heavy (non-hydrogen) atoms. The monoisotopic (exact) mass is 301 g/mol. The molecule has 0 saturated heterocycles. The normalized spacial score (nSPS) is 13.8. The van der Waals surface area contributed by atoms with E-state index < -0.39 is 0 Å². The first kappa shape index (κ1) is 14.7. The van der Waals surface area contributed by atoms with E-state index in [1.807, 2.05) is 6.07 Å². The van der Waals surface area contributed by atoms with Crippen LogP contribution in [0.3, 0.4) is 0 Å². The maximum atomic E-state index is 13.6. The molecule has 0 amide bonds. The molecule has 1 rings (SSSR count). The van der Waals surface area contributed by atoms with E-state index in [1.54, 1.807) is 12.1 Å². The summed E-state index contributed by atoms with van der Waals surface area (Å²) in [5.74, 6) is -0.199. The molecule has 0 aliphatic heterocycles. The van der Waals surface area contributed by atoms with Gasteiger partial charge < -0.3 is 5.32 Å². The van der Waals surface area contributed by atoms with Crippen LogP contribution >= 0.6 is 15.9 Å². The molecule has 0 fully saturated rings. The number of hydrogen-bond acceptors (Lipinski definition) is 1. The van der Waals surface area contributed by atoms with Crippen LogP contribution in [0.25, 0.3) is 0 Å². The quantitative estimate of drug-likeness (QED) is 0.852. The third kappa shape index (κ3) is 4.07. The second-order valence-corrected chi connectivity index (χ2v) is 6.28. The molecule has 1 aromatic carbocycles. The van der Waals surface area contributed by atoms with Crippen molar-refractivity contribution in [2.75, 3.05) is 6.54 Å². The smallest absolute Gasteiger partial charge is 0.137 e. The van der Waals surface area contributed by atoms with Gasteiger partial charge in [0.15, 0.2) is 0 Å². The summed E-state index contributed by atoms with van der Waals surface area (Å²) in [6, 6.07) is 5.54. The van der Waals surface area contributed by atoms with Crippen LogP contribution in [-0.2, 0) is 0 Å². The largest absolute Gasteiger partial charge is 0.309 e. The Bertz CT molecular complexity index is 371. The highest BCUT2D eigenvalue weighted by Crippen LogP contribution is 2.33. The van der Waals surface area contributed by atoms with E-state index in [1.165, 1.54) is 0 Å². The summed E-state index contributed by atoms with van der Waals surface area (Å²) in [4.78, 5) is 0. The number of halogens is 2. The zero-order chi connectivity index (χ0) is 13.1. The molecule has 0 saturated carbocycles. The summed E-state index contributed by atoms with van der Waals surface area (Å²) in [5, 5.41) is 3.49. The zero-order valence-electron chi connectivity index (χ0n) is 11.0. The lowest BCUT2D eigenvalue weighted by atomic mass is 9.82. The van der Waals surface area contributed by atoms with Crippen molar-refractivity contribution >= 4 is 15.9 Å². The first-order valence-corrected chi connectivity index (χ1v) is 6.84. The summed E-state index contributed by atoms with van der Waals surface area (Å²) >= 11 is 3.19. The molecule has 1 atom stereocenters. The molecule has 0 spiro atoms. The highest BCUT2D eigenvalue weighted by atomic mass is 79.9. The van der Waals surface area contributed by atoms with Crippen molar-refractivity contribution in [1.29, 1.82) is 0 Å². The molecule has 1 aromatic rings. The molecule has 3 heteroatoms. The van der Waals surface area contributed by atoms with Gasteiger partial charge in [0.25, 0.3) is 0 Å². The van der Waals surface area contributed by atoms with Gasteiger partial charge in [0, 0.05) is 6.04 Å². The Labute approximate surface area is 112 Å². The van der Waals surface area contributed by atoms with Crippen LogP contribution in [0.15, 0.2) is 22.7 Å². The van der Waals surface area contributed by atoms with E-state index in [9.17, 15) is 4.39 Å². The van der Waals surface area contributed by atoms with E-state index in [-0.39, 0.29) is 17.3 Å². The van der Waals surface area contributed by atoms with E-state index in [4.69, 9.17) is 0 Å². The van der Waals surface area contributed by atoms with Gasteiger partial charge in [-0.3, -0.25) is 0 Å². The standard InChI is InChI=1S/C14H21BrFN/c1-5-8-17-13(14(2,3)4)10-6-7-11(15)12(16)9-10/h6-7,9,13,17H,5,8H2,1-4H3. The number of rotatable bonds is 4. The zero-order valence-corrected chi connectivity index (χ0v) is 12.6. The van der Waals surface area contributed by atoms with E-state index in [0.717, 1.165) is 18.5 Å². The Hall–Kier alpha value is -0.410. The van der Waals surface area contributed by atoms with Crippen molar-refractivity contribution in [3.63, 3.8) is 0 Å². The molecule has 0 heterocycles. The molecule has 1 N–H and O–H groups in total. The minimum absolute atomic E-state index is 0.0649. The fourth-order valence-corrected chi connectivity index (χ4v) is 2.15. The molecular formula is C14H21BrFN. The van der Waals surface area contributed by atoms with Gasteiger partial charge in [-0.15, -0.1) is 0 Å². The van der Waals surface area contributed by atoms with Crippen molar-refractivity contribution in [3.05, 3.63) is 34.1 Å². The van der Waals surface area contributed by atoms with Crippen LogP contribution in [0.2, 0.25) is 0 Å². The van der Waals surface area contributed by atoms with E-state index >= 15 is 0 Å². The Kier molecular flexibility index (Phi) is 5.14. The Morgan fingerprint density at radius 1 is 1.35 bits per heavy atom. The molecule has 96 valence electrons. The predicted octanol–water partition coefficient (Wildman–Crippen LogP) is 4.68. The van der Waals surface area contributed by atoms with Crippen LogP contribution in [-0.4, -0.2) is 6.54 Å². The predicted molar refractivity (Wildman–Crippen MR) is 74.6 cm³/mol. The molecular weight excluding hydrogens is 281 g/mol. The lowest BCUT2D eigenvalue weighted by molar-refractivity contribution is 0.272. The highest BCUT2D eigenvalue weighted by Gasteiger charge is 2.25. The van der Waals surface area contributed by atoms with Crippen molar-refractivity contribution in [2.24, 2.45) is 5.41 Å². The summed E-state index contributed by atoms with van der Waals surface area (Å²) in [6.07, 6.45) is 1.07. The van der Waals surface area contributed by atoms with Gasteiger partial charge in [0.1, 0.15) is 5.82 Å². The van der Waals surface area contributed by atoms with Gasteiger partial charge in [-0.2, -0.15) is 0 Å². The van der Waals surface area contributed by atoms with Gasteiger partial charge in [-0.1, -0.05) is 33.8 Å². The molecule has 1 nitrogen and oxygen atoms in total. The fraction of sp³-hybridized carbons (Fsp3) is 0.571. The lowest BCUT2D eigenvalue weighted by Crippen LogP contribution is -2.32. The molecule has 0 bridgehead atoms. The van der Waals surface area contributed by atoms with Gasteiger partial charge >= 0.3 is 0 Å². The highest BCUT2D eigenvalue weighted by molar-refractivity contribution is 9.10. The third-order valence-electron chi connectivity index (χ3n) is 2.74. The molecule has 0 aromatic heterocycles. The average molecular weight is 302 g/mol. The number of benzene rings is 1. The average Bonchev–Trinajstić information content (AvgIpc) is 2.22. The number of nitrogens with one attached hydrogen (secondary N) is 1. The van der Waals surface area contributed by atoms with E-state index in [2.05, 4.69) is 48.9 Å². The Morgan fingerprint density at radius 3 is 2.47 bits per heavy atom. The molecule has 1 unspecified atom stereocenters. The topological polar surface area (TPSA) is 12.0 Å².